The molecule has 16 heavy (non-hydrogen) atoms. The lowest BCUT2D eigenvalue weighted by molar-refractivity contribution is 0.0515. The quantitative estimate of drug-likeness (QED) is 0.632. The summed E-state index contributed by atoms with van der Waals surface area (Å²) in [4.78, 5) is 15.1. The van der Waals surface area contributed by atoms with Gasteiger partial charge in [0.25, 0.3) is 6.43 Å². The van der Waals surface area contributed by atoms with Gasteiger partial charge >= 0.3 is 5.97 Å². The summed E-state index contributed by atoms with van der Waals surface area (Å²) in [7, 11) is 0. The fourth-order valence-corrected chi connectivity index (χ4v) is 1.79. The number of carbonyl (C=O) groups is 1. The molecule has 0 unspecified atom stereocenters. The Labute approximate surface area is 104 Å². The Balaban J connectivity index is 3.34. The van der Waals surface area contributed by atoms with Gasteiger partial charge < -0.3 is 4.74 Å². The molecule has 0 saturated heterocycles. The van der Waals surface area contributed by atoms with E-state index in [0.717, 1.165) is 6.20 Å². The number of rotatable bonds is 3. The Kier molecular flexibility index (Phi) is 4.61. The van der Waals surface area contributed by atoms with Gasteiger partial charge in [0.2, 0.25) is 0 Å². The zero-order chi connectivity index (χ0) is 12.3. The summed E-state index contributed by atoms with van der Waals surface area (Å²) in [5.74, 6) is -0.883. The standard InChI is InChI=1S/C9H7BrClF2NO2/c1-2-16-9(15)5-4(11)3-14-7(10)6(5)8(12)13/h3,8H,2H2,1H3. The van der Waals surface area contributed by atoms with Crippen molar-refractivity contribution in [3.05, 3.63) is 26.9 Å². The molecule has 88 valence electrons. The zero-order valence-electron chi connectivity index (χ0n) is 8.14. The van der Waals surface area contributed by atoms with Crippen LogP contribution in [0, 0.1) is 0 Å². The molecule has 0 saturated carbocycles. The topological polar surface area (TPSA) is 39.2 Å². The van der Waals surface area contributed by atoms with Crippen molar-refractivity contribution in [2.24, 2.45) is 0 Å². The molecular formula is C9H7BrClF2NO2. The van der Waals surface area contributed by atoms with Gasteiger partial charge in [-0.25, -0.2) is 18.6 Å². The van der Waals surface area contributed by atoms with Gasteiger partial charge in [0.15, 0.2) is 0 Å². The molecule has 0 spiro atoms. The van der Waals surface area contributed by atoms with Crippen LogP contribution in [0.5, 0.6) is 0 Å². The van der Waals surface area contributed by atoms with Crippen LogP contribution in [0.25, 0.3) is 0 Å². The summed E-state index contributed by atoms with van der Waals surface area (Å²) in [6.45, 7) is 1.65. The number of pyridine rings is 1. The first kappa shape index (κ1) is 13.3. The van der Waals surface area contributed by atoms with E-state index >= 15 is 0 Å². The van der Waals surface area contributed by atoms with Crippen LogP contribution in [0.4, 0.5) is 8.78 Å². The number of esters is 1. The van der Waals surface area contributed by atoms with Crippen molar-refractivity contribution < 1.29 is 18.3 Å². The molecule has 0 fully saturated rings. The van der Waals surface area contributed by atoms with Crippen molar-refractivity contribution in [3.63, 3.8) is 0 Å². The summed E-state index contributed by atoms with van der Waals surface area (Å²) in [5, 5.41) is -0.156. The van der Waals surface area contributed by atoms with Gasteiger partial charge in [-0.3, -0.25) is 0 Å². The average Bonchev–Trinajstić information content (AvgIpc) is 2.20. The molecule has 1 heterocycles. The monoisotopic (exact) mass is 313 g/mol. The third-order valence-corrected chi connectivity index (χ3v) is 2.64. The molecule has 1 rings (SSSR count). The second-order valence-corrected chi connectivity index (χ2v) is 3.87. The highest BCUT2D eigenvalue weighted by atomic mass is 79.9. The number of halogens is 4. The van der Waals surface area contributed by atoms with Gasteiger partial charge in [-0.15, -0.1) is 0 Å². The predicted molar refractivity (Wildman–Crippen MR) is 57.9 cm³/mol. The number of aromatic nitrogens is 1. The van der Waals surface area contributed by atoms with E-state index in [9.17, 15) is 13.6 Å². The molecule has 0 aliphatic rings. The molecule has 0 radical (unpaired) electrons. The highest BCUT2D eigenvalue weighted by molar-refractivity contribution is 9.10. The third kappa shape index (κ3) is 2.68. The second kappa shape index (κ2) is 5.54. The zero-order valence-corrected chi connectivity index (χ0v) is 10.5. The van der Waals surface area contributed by atoms with E-state index in [2.05, 4.69) is 25.7 Å². The SMILES string of the molecule is CCOC(=O)c1c(Cl)cnc(Br)c1C(F)F. The minimum Gasteiger partial charge on any atom is -0.462 e. The lowest BCUT2D eigenvalue weighted by Gasteiger charge is -2.10. The molecule has 7 heteroatoms. The Morgan fingerprint density at radius 3 is 2.81 bits per heavy atom. The fraction of sp³-hybridized carbons (Fsp3) is 0.333. The van der Waals surface area contributed by atoms with Crippen molar-refractivity contribution in [3.8, 4) is 0 Å². The van der Waals surface area contributed by atoms with E-state index in [4.69, 9.17) is 11.6 Å². The van der Waals surface area contributed by atoms with Crippen molar-refractivity contribution in [2.45, 2.75) is 13.3 Å². The predicted octanol–water partition coefficient (Wildman–Crippen LogP) is 3.61. The van der Waals surface area contributed by atoms with Crippen LogP contribution in [-0.4, -0.2) is 17.6 Å². The van der Waals surface area contributed by atoms with Crippen LogP contribution < -0.4 is 0 Å². The average molecular weight is 315 g/mol. The molecule has 0 aromatic carbocycles. The second-order valence-electron chi connectivity index (χ2n) is 2.71. The molecule has 0 atom stereocenters. The Morgan fingerprint density at radius 1 is 1.69 bits per heavy atom. The maximum absolute atomic E-state index is 12.7. The van der Waals surface area contributed by atoms with Gasteiger partial charge in [-0.1, -0.05) is 11.6 Å². The van der Waals surface area contributed by atoms with Crippen molar-refractivity contribution >= 4 is 33.5 Å². The van der Waals surface area contributed by atoms with E-state index in [1.807, 2.05) is 0 Å². The maximum Gasteiger partial charge on any atom is 0.340 e. The summed E-state index contributed by atoms with van der Waals surface area (Å²) in [6, 6.07) is 0. The molecule has 0 aliphatic heterocycles. The van der Waals surface area contributed by atoms with Gasteiger partial charge in [0.05, 0.1) is 22.8 Å². The van der Waals surface area contributed by atoms with Gasteiger partial charge in [0.1, 0.15) is 4.60 Å². The number of carbonyl (C=O) groups excluding carboxylic acids is 1. The smallest absolute Gasteiger partial charge is 0.340 e. The highest BCUT2D eigenvalue weighted by Gasteiger charge is 2.26. The van der Waals surface area contributed by atoms with E-state index in [-0.39, 0.29) is 21.8 Å². The van der Waals surface area contributed by atoms with E-state index in [0.29, 0.717) is 0 Å². The number of hydrogen-bond donors (Lipinski definition) is 0. The molecular weight excluding hydrogens is 307 g/mol. The maximum atomic E-state index is 12.7. The summed E-state index contributed by atoms with van der Waals surface area (Å²) < 4.78 is 30.0. The first-order chi connectivity index (χ1) is 7.49. The molecule has 1 aromatic heterocycles. The van der Waals surface area contributed by atoms with Crippen LogP contribution in [0.2, 0.25) is 5.02 Å². The Hall–Kier alpha value is -0.750. The highest BCUT2D eigenvalue weighted by Crippen LogP contribution is 2.33. The molecule has 0 N–H and O–H groups in total. The van der Waals surface area contributed by atoms with Crippen LogP contribution in [0.15, 0.2) is 10.8 Å². The minimum atomic E-state index is -2.86. The fourth-order valence-electron chi connectivity index (χ4n) is 1.09. The molecule has 0 aliphatic carbocycles. The van der Waals surface area contributed by atoms with Crippen LogP contribution in [0.1, 0.15) is 29.3 Å². The number of alkyl halides is 2. The molecule has 0 bridgehead atoms. The Morgan fingerprint density at radius 2 is 2.31 bits per heavy atom. The van der Waals surface area contributed by atoms with Crippen molar-refractivity contribution in [2.75, 3.05) is 6.61 Å². The van der Waals surface area contributed by atoms with Crippen LogP contribution >= 0.6 is 27.5 Å². The van der Waals surface area contributed by atoms with E-state index in [1.54, 1.807) is 6.92 Å². The van der Waals surface area contributed by atoms with Gasteiger partial charge in [0, 0.05) is 6.20 Å². The van der Waals surface area contributed by atoms with E-state index < -0.39 is 18.0 Å². The Bertz CT molecular complexity index is 415. The van der Waals surface area contributed by atoms with Gasteiger partial charge in [-0.05, 0) is 22.9 Å². The van der Waals surface area contributed by atoms with Crippen LogP contribution in [0.3, 0.4) is 0 Å². The number of ether oxygens (including phenoxy) is 1. The van der Waals surface area contributed by atoms with Crippen molar-refractivity contribution in [1.29, 1.82) is 0 Å². The molecule has 0 amide bonds. The normalized spacial score (nSPS) is 10.6. The molecule has 3 nitrogen and oxygen atoms in total. The third-order valence-electron chi connectivity index (χ3n) is 1.72. The minimum absolute atomic E-state index is 0.0811. The largest absolute Gasteiger partial charge is 0.462 e. The first-order valence-corrected chi connectivity index (χ1v) is 5.45. The summed E-state index contributed by atoms with van der Waals surface area (Å²) >= 11 is 8.50. The number of hydrogen-bond acceptors (Lipinski definition) is 3. The van der Waals surface area contributed by atoms with Crippen molar-refractivity contribution in [1.82, 2.24) is 4.98 Å². The number of nitrogens with zero attached hydrogens (tertiary/aromatic N) is 1. The lowest BCUT2D eigenvalue weighted by atomic mass is 10.1. The first-order valence-electron chi connectivity index (χ1n) is 4.28. The summed E-state index contributed by atoms with van der Waals surface area (Å²) in [5.41, 5.74) is -0.897. The lowest BCUT2D eigenvalue weighted by Crippen LogP contribution is -2.10. The van der Waals surface area contributed by atoms with Crippen LogP contribution in [-0.2, 0) is 4.74 Å². The summed E-state index contributed by atoms with van der Waals surface area (Å²) in [6.07, 6.45) is -1.75. The van der Waals surface area contributed by atoms with Gasteiger partial charge in [-0.2, -0.15) is 0 Å². The molecule has 1 aromatic rings. The van der Waals surface area contributed by atoms with E-state index in [1.165, 1.54) is 0 Å².